The minimum Gasteiger partial charge on any atom is -0.469 e. The number of hydrogen-bond donors (Lipinski definition) is 0. The molecule has 4 aliphatic heterocycles. The summed E-state index contributed by atoms with van der Waals surface area (Å²) < 4.78 is 12.3. The number of aromatic nitrogens is 2. The minimum absolute atomic E-state index is 0.0637. The smallest absolute Gasteiger partial charge is 0.228 e. The summed E-state index contributed by atoms with van der Waals surface area (Å²) in [7, 11) is 0. The molecule has 5 nitrogen and oxygen atoms in total. The molecule has 2 aromatic heterocycles. The van der Waals surface area contributed by atoms with Gasteiger partial charge in [-0.2, -0.15) is 0 Å². The van der Waals surface area contributed by atoms with Crippen LogP contribution in [0.4, 0.5) is 0 Å². The number of ether oxygens (including phenoxy) is 1. The normalized spacial score (nSPS) is 29.9. The van der Waals surface area contributed by atoms with Crippen molar-refractivity contribution >= 4 is 11.1 Å². The summed E-state index contributed by atoms with van der Waals surface area (Å²) in [5.74, 6) is 2.08. The zero-order valence-electron chi connectivity index (χ0n) is 13.9. The van der Waals surface area contributed by atoms with E-state index in [4.69, 9.17) is 9.15 Å². The summed E-state index contributed by atoms with van der Waals surface area (Å²) in [6, 6.07) is 10.00. The van der Waals surface area contributed by atoms with Crippen LogP contribution in [0.3, 0.4) is 0 Å². The first-order chi connectivity index (χ1) is 12.3. The van der Waals surface area contributed by atoms with Crippen molar-refractivity contribution in [2.45, 2.75) is 24.9 Å². The van der Waals surface area contributed by atoms with E-state index in [1.54, 1.807) is 0 Å². The van der Waals surface area contributed by atoms with Crippen molar-refractivity contribution in [3.05, 3.63) is 42.1 Å². The Balaban J connectivity index is 1.37. The van der Waals surface area contributed by atoms with Gasteiger partial charge in [0.15, 0.2) is 5.58 Å². The first-order valence-corrected chi connectivity index (χ1v) is 9.05. The molecule has 0 radical (unpaired) electrons. The largest absolute Gasteiger partial charge is 0.469 e. The lowest BCUT2D eigenvalue weighted by Crippen LogP contribution is -2.61. The molecule has 1 atom stereocenters. The molecule has 0 aliphatic carbocycles. The van der Waals surface area contributed by atoms with Gasteiger partial charge in [0.25, 0.3) is 0 Å². The van der Waals surface area contributed by atoms with Crippen molar-refractivity contribution in [1.82, 2.24) is 14.9 Å². The molecular formula is C20H19N3O2. The highest BCUT2D eigenvalue weighted by molar-refractivity contribution is 5.76. The van der Waals surface area contributed by atoms with E-state index >= 15 is 0 Å². The molecule has 2 bridgehead atoms. The first-order valence-electron chi connectivity index (χ1n) is 9.05. The van der Waals surface area contributed by atoms with Crippen LogP contribution in [0, 0.1) is 5.92 Å². The summed E-state index contributed by atoms with van der Waals surface area (Å²) in [4.78, 5) is 11.7. The number of nitrogens with zero attached hydrogens (tertiary/aromatic N) is 3. The molecule has 126 valence electrons. The molecule has 25 heavy (non-hydrogen) atoms. The molecule has 0 N–H and O–H groups in total. The molecule has 3 saturated heterocycles. The van der Waals surface area contributed by atoms with Crippen molar-refractivity contribution in [2.24, 2.45) is 5.92 Å². The molecule has 3 fully saturated rings. The van der Waals surface area contributed by atoms with Gasteiger partial charge in [0.05, 0.1) is 5.56 Å². The van der Waals surface area contributed by atoms with Gasteiger partial charge in [-0.05, 0) is 44.1 Å². The molecule has 3 aromatic rings. The van der Waals surface area contributed by atoms with Gasteiger partial charge in [0.1, 0.15) is 11.1 Å². The third-order valence-electron chi connectivity index (χ3n) is 6.08. The predicted molar refractivity (Wildman–Crippen MR) is 93.5 cm³/mol. The second kappa shape index (κ2) is 4.82. The standard InChI is InChI=1S/C20H19N3O2/c1-2-4-17-16(3-1)22-19(24-17)14-9-13-10-20(25-18(13)21-11-14)12-23-7-5-15(20)6-8-23/h1-4,9,11,15H,5-8,10,12H2/t20-/m0/s1. The van der Waals surface area contributed by atoms with Crippen LogP contribution in [-0.2, 0) is 6.42 Å². The monoisotopic (exact) mass is 333 g/mol. The Morgan fingerprint density at radius 3 is 2.84 bits per heavy atom. The van der Waals surface area contributed by atoms with Gasteiger partial charge in [-0.15, -0.1) is 0 Å². The number of para-hydroxylation sites is 2. The zero-order valence-corrected chi connectivity index (χ0v) is 13.9. The van der Waals surface area contributed by atoms with Gasteiger partial charge >= 0.3 is 0 Å². The zero-order chi connectivity index (χ0) is 16.4. The quantitative estimate of drug-likeness (QED) is 0.684. The van der Waals surface area contributed by atoms with Gasteiger partial charge in [-0.25, -0.2) is 9.97 Å². The fourth-order valence-electron chi connectivity index (χ4n) is 4.82. The van der Waals surface area contributed by atoms with E-state index in [1.165, 1.54) is 31.5 Å². The van der Waals surface area contributed by atoms with Gasteiger partial charge in [-0.3, -0.25) is 4.90 Å². The number of piperidine rings is 3. The van der Waals surface area contributed by atoms with E-state index in [1.807, 2.05) is 30.5 Å². The highest BCUT2D eigenvalue weighted by Gasteiger charge is 2.52. The Hall–Kier alpha value is -2.40. The van der Waals surface area contributed by atoms with Crippen molar-refractivity contribution in [2.75, 3.05) is 19.6 Å². The maximum absolute atomic E-state index is 6.42. The summed E-state index contributed by atoms with van der Waals surface area (Å²) in [6.07, 6.45) is 5.26. The number of benzene rings is 1. The van der Waals surface area contributed by atoms with E-state index in [-0.39, 0.29) is 5.60 Å². The molecule has 1 aromatic carbocycles. The van der Waals surface area contributed by atoms with Crippen LogP contribution in [0.5, 0.6) is 5.88 Å². The fraction of sp³-hybridized carbons (Fsp3) is 0.400. The molecule has 7 rings (SSSR count). The van der Waals surface area contributed by atoms with Crippen molar-refractivity contribution in [1.29, 1.82) is 0 Å². The number of hydrogen-bond acceptors (Lipinski definition) is 5. The van der Waals surface area contributed by atoms with Crippen LogP contribution in [0.2, 0.25) is 0 Å². The van der Waals surface area contributed by atoms with E-state index < -0.39 is 0 Å². The van der Waals surface area contributed by atoms with Crippen LogP contribution in [0.15, 0.2) is 40.9 Å². The molecular weight excluding hydrogens is 314 g/mol. The van der Waals surface area contributed by atoms with Gasteiger partial charge in [0, 0.05) is 30.6 Å². The highest BCUT2D eigenvalue weighted by atomic mass is 16.5. The molecule has 6 heterocycles. The molecule has 0 amide bonds. The number of pyridine rings is 1. The van der Waals surface area contributed by atoms with E-state index in [0.29, 0.717) is 11.8 Å². The van der Waals surface area contributed by atoms with Crippen LogP contribution < -0.4 is 4.74 Å². The van der Waals surface area contributed by atoms with Crippen LogP contribution in [0.25, 0.3) is 22.6 Å². The molecule has 0 unspecified atom stereocenters. The average molecular weight is 333 g/mol. The maximum Gasteiger partial charge on any atom is 0.228 e. The fourth-order valence-corrected chi connectivity index (χ4v) is 4.82. The lowest BCUT2D eigenvalue weighted by atomic mass is 9.73. The van der Waals surface area contributed by atoms with Gasteiger partial charge in [0.2, 0.25) is 11.8 Å². The average Bonchev–Trinajstić information content (AvgIpc) is 3.22. The lowest BCUT2D eigenvalue weighted by Gasteiger charge is -2.50. The van der Waals surface area contributed by atoms with Crippen LogP contribution in [0.1, 0.15) is 18.4 Å². The van der Waals surface area contributed by atoms with Crippen LogP contribution in [-0.4, -0.2) is 40.1 Å². The number of rotatable bonds is 1. The van der Waals surface area contributed by atoms with E-state index in [0.717, 1.165) is 35.5 Å². The summed E-state index contributed by atoms with van der Waals surface area (Å²) in [5.41, 5.74) is 3.74. The van der Waals surface area contributed by atoms with E-state index in [2.05, 4.69) is 20.9 Å². The topological polar surface area (TPSA) is 51.4 Å². The summed E-state index contributed by atoms with van der Waals surface area (Å²) in [5, 5.41) is 0. The SMILES string of the molecule is c1ccc2oc(-c3cnc4c(c3)C[C@@]3(CN5CCC3CC5)O4)nc2c1. The Labute approximate surface area is 145 Å². The molecule has 5 heteroatoms. The predicted octanol–water partition coefficient (Wildman–Crippen LogP) is 3.29. The van der Waals surface area contributed by atoms with Crippen molar-refractivity contribution < 1.29 is 9.15 Å². The first kappa shape index (κ1) is 13.8. The molecule has 4 aliphatic rings. The van der Waals surface area contributed by atoms with Crippen molar-refractivity contribution in [3.63, 3.8) is 0 Å². The lowest BCUT2D eigenvalue weighted by molar-refractivity contribution is -0.0814. The summed E-state index contributed by atoms with van der Waals surface area (Å²) in [6.45, 7) is 3.47. The number of oxazole rings is 1. The third kappa shape index (κ3) is 1.99. The van der Waals surface area contributed by atoms with Gasteiger partial charge in [-0.1, -0.05) is 12.1 Å². The second-order valence-corrected chi connectivity index (χ2v) is 7.57. The van der Waals surface area contributed by atoms with Crippen molar-refractivity contribution in [3.8, 4) is 17.3 Å². The van der Waals surface area contributed by atoms with Crippen LogP contribution >= 0.6 is 0 Å². The van der Waals surface area contributed by atoms with E-state index in [9.17, 15) is 0 Å². The minimum atomic E-state index is -0.0637. The number of fused-ring (bicyclic) bond motifs is 4. The molecule has 0 saturated carbocycles. The summed E-state index contributed by atoms with van der Waals surface area (Å²) >= 11 is 0. The Morgan fingerprint density at radius 2 is 2.04 bits per heavy atom. The molecule has 1 spiro atoms. The van der Waals surface area contributed by atoms with Gasteiger partial charge < -0.3 is 9.15 Å². The highest BCUT2D eigenvalue weighted by Crippen LogP contribution is 2.46. The Morgan fingerprint density at radius 1 is 1.16 bits per heavy atom. The third-order valence-corrected chi connectivity index (χ3v) is 6.08. The second-order valence-electron chi connectivity index (χ2n) is 7.57. The maximum atomic E-state index is 6.42. The Kier molecular flexibility index (Phi) is 2.67. The Bertz CT molecular complexity index is 941.